The van der Waals surface area contributed by atoms with Gasteiger partial charge in [0.05, 0.1) is 0 Å². The van der Waals surface area contributed by atoms with Gasteiger partial charge in [-0.25, -0.2) is 0 Å². The summed E-state index contributed by atoms with van der Waals surface area (Å²) in [4.78, 5) is 11.9. The molecule has 0 saturated carbocycles. The van der Waals surface area contributed by atoms with Crippen molar-refractivity contribution in [2.45, 2.75) is 12.7 Å². The Morgan fingerprint density at radius 2 is 2.25 bits per heavy atom. The van der Waals surface area contributed by atoms with Crippen molar-refractivity contribution in [2.24, 2.45) is 0 Å². The molecule has 1 rings (SSSR count). The average Bonchev–Trinajstić information content (AvgIpc) is 2.48. The second-order valence-electron chi connectivity index (χ2n) is 3.30. The van der Waals surface area contributed by atoms with Crippen molar-refractivity contribution < 1.29 is 18.0 Å². The third-order valence-electron chi connectivity index (χ3n) is 1.80. The number of alkyl halides is 3. The monoisotopic (exact) mass is 236 g/mol. The highest BCUT2D eigenvalue weighted by molar-refractivity contribution is 5.75. The van der Waals surface area contributed by atoms with E-state index in [0.29, 0.717) is 4.90 Å². The normalized spacial score (nSPS) is 11.5. The lowest BCUT2D eigenvalue weighted by molar-refractivity contribution is -0.158. The molecule has 0 unspecified atom stereocenters. The van der Waals surface area contributed by atoms with Crippen LogP contribution in [0.15, 0.2) is 12.3 Å². The number of rotatable bonds is 3. The predicted octanol–water partition coefficient (Wildman–Crippen LogP) is 0.486. The number of likely N-dealkylation sites (N-methyl/N-ethyl adjacent to an activating group) is 1. The lowest BCUT2D eigenvalue weighted by atomic mass is 10.4. The van der Waals surface area contributed by atoms with Gasteiger partial charge < -0.3 is 10.6 Å². The summed E-state index contributed by atoms with van der Waals surface area (Å²) in [6, 6.07) is 1.46. The third-order valence-corrected chi connectivity index (χ3v) is 1.80. The summed E-state index contributed by atoms with van der Waals surface area (Å²) in [7, 11) is 1.09. The summed E-state index contributed by atoms with van der Waals surface area (Å²) < 4.78 is 37.1. The summed E-state index contributed by atoms with van der Waals surface area (Å²) in [6.07, 6.45) is -2.97. The first kappa shape index (κ1) is 12.3. The van der Waals surface area contributed by atoms with Crippen molar-refractivity contribution in [1.82, 2.24) is 14.7 Å². The lowest BCUT2D eigenvalue weighted by Gasteiger charge is -2.18. The van der Waals surface area contributed by atoms with E-state index >= 15 is 0 Å². The standard InChI is InChI=1S/C8H11F3N4O/c1-14(5-8(9,10)11)7(16)4-15-3-2-6(12)13-15/h2-3H,4-5H2,1H3,(H2,12,13). The zero-order chi connectivity index (χ0) is 12.3. The number of hydrogen-bond donors (Lipinski definition) is 1. The molecule has 1 aromatic heterocycles. The van der Waals surface area contributed by atoms with E-state index in [0.717, 1.165) is 7.05 Å². The number of halogens is 3. The Morgan fingerprint density at radius 1 is 1.62 bits per heavy atom. The van der Waals surface area contributed by atoms with Crippen molar-refractivity contribution >= 4 is 11.7 Å². The van der Waals surface area contributed by atoms with Crippen LogP contribution in [0.1, 0.15) is 0 Å². The highest BCUT2D eigenvalue weighted by Gasteiger charge is 2.31. The molecular formula is C8H11F3N4O. The number of hydrogen-bond acceptors (Lipinski definition) is 3. The molecule has 0 aliphatic rings. The summed E-state index contributed by atoms with van der Waals surface area (Å²) in [5.74, 6) is -0.466. The average molecular weight is 236 g/mol. The molecule has 0 atom stereocenters. The Morgan fingerprint density at radius 3 is 2.69 bits per heavy atom. The van der Waals surface area contributed by atoms with E-state index < -0.39 is 18.6 Å². The highest BCUT2D eigenvalue weighted by Crippen LogP contribution is 2.15. The molecule has 90 valence electrons. The quantitative estimate of drug-likeness (QED) is 0.830. The molecular weight excluding hydrogens is 225 g/mol. The van der Waals surface area contributed by atoms with E-state index in [-0.39, 0.29) is 12.4 Å². The molecule has 0 aliphatic carbocycles. The predicted molar refractivity (Wildman–Crippen MR) is 50.3 cm³/mol. The van der Waals surface area contributed by atoms with Crippen molar-refractivity contribution in [3.05, 3.63) is 12.3 Å². The van der Waals surface area contributed by atoms with Gasteiger partial charge in [-0.15, -0.1) is 0 Å². The summed E-state index contributed by atoms with van der Waals surface area (Å²) >= 11 is 0. The van der Waals surface area contributed by atoms with Crippen LogP contribution >= 0.6 is 0 Å². The van der Waals surface area contributed by atoms with Crippen LogP contribution in [0.3, 0.4) is 0 Å². The van der Waals surface area contributed by atoms with Gasteiger partial charge in [-0.3, -0.25) is 9.48 Å². The van der Waals surface area contributed by atoms with Crippen molar-refractivity contribution in [3.8, 4) is 0 Å². The second kappa shape index (κ2) is 4.42. The van der Waals surface area contributed by atoms with Gasteiger partial charge in [0.25, 0.3) is 0 Å². The zero-order valence-corrected chi connectivity index (χ0v) is 8.53. The Labute approximate surface area is 89.6 Å². The van der Waals surface area contributed by atoms with Crippen LogP contribution in [-0.4, -0.2) is 40.4 Å². The van der Waals surface area contributed by atoms with Crippen LogP contribution in [0.2, 0.25) is 0 Å². The molecule has 0 bridgehead atoms. The first-order valence-corrected chi connectivity index (χ1v) is 4.37. The van der Waals surface area contributed by atoms with Gasteiger partial charge in [-0.05, 0) is 6.07 Å². The maximum atomic E-state index is 12.0. The van der Waals surface area contributed by atoms with Crippen LogP contribution in [0.25, 0.3) is 0 Å². The molecule has 5 nitrogen and oxygen atoms in total. The highest BCUT2D eigenvalue weighted by atomic mass is 19.4. The maximum absolute atomic E-state index is 12.0. The number of anilines is 1. The molecule has 0 aliphatic heterocycles. The van der Waals surface area contributed by atoms with Crippen LogP contribution in [0.4, 0.5) is 19.0 Å². The van der Waals surface area contributed by atoms with E-state index in [2.05, 4.69) is 5.10 Å². The van der Waals surface area contributed by atoms with Gasteiger partial charge in [0, 0.05) is 13.2 Å². The summed E-state index contributed by atoms with van der Waals surface area (Å²) in [5.41, 5.74) is 5.30. The van der Waals surface area contributed by atoms with E-state index in [4.69, 9.17) is 5.73 Å². The molecule has 0 radical (unpaired) electrons. The molecule has 1 aromatic rings. The minimum absolute atomic E-state index is 0.214. The molecule has 0 aromatic carbocycles. The molecule has 0 spiro atoms. The maximum Gasteiger partial charge on any atom is 0.406 e. The fourth-order valence-electron chi connectivity index (χ4n) is 1.08. The first-order valence-electron chi connectivity index (χ1n) is 4.37. The number of carbonyl (C=O) groups is 1. The summed E-state index contributed by atoms with van der Waals surface area (Å²) in [6.45, 7) is -1.54. The minimum Gasteiger partial charge on any atom is -0.382 e. The SMILES string of the molecule is CN(CC(F)(F)F)C(=O)Cn1ccc(N)n1. The second-order valence-corrected chi connectivity index (χ2v) is 3.30. The number of nitrogens with two attached hydrogens (primary N) is 1. The van der Waals surface area contributed by atoms with Crippen molar-refractivity contribution in [1.29, 1.82) is 0 Å². The molecule has 0 saturated heterocycles. The Hall–Kier alpha value is -1.73. The van der Waals surface area contributed by atoms with Gasteiger partial charge in [0.2, 0.25) is 5.91 Å². The smallest absolute Gasteiger partial charge is 0.382 e. The van der Waals surface area contributed by atoms with Crippen LogP contribution in [0, 0.1) is 0 Å². The van der Waals surface area contributed by atoms with Gasteiger partial charge in [-0.2, -0.15) is 18.3 Å². The van der Waals surface area contributed by atoms with E-state index in [1.54, 1.807) is 0 Å². The van der Waals surface area contributed by atoms with Crippen LogP contribution in [0.5, 0.6) is 0 Å². The zero-order valence-electron chi connectivity index (χ0n) is 8.53. The van der Waals surface area contributed by atoms with Gasteiger partial charge in [0.15, 0.2) is 0 Å². The van der Waals surface area contributed by atoms with E-state index in [1.165, 1.54) is 16.9 Å². The fraction of sp³-hybridized carbons (Fsp3) is 0.500. The molecule has 8 heteroatoms. The largest absolute Gasteiger partial charge is 0.406 e. The van der Waals surface area contributed by atoms with Crippen molar-refractivity contribution in [3.63, 3.8) is 0 Å². The topological polar surface area (TPSA) is 64.2 Å². The molecule has 16 heavy (non-hydrogen) atoms. The minimum atomic E-state index is -4.40. The molecule has 2 N–H and O–H groups in total. The molecule has 1 heterocycles. The number of nitrogen functional groups attached to an aromatic ring is 1. The van der Waals surface area contributed by atoms with Gasteiger partial charge >= 0.3 is 6.18 Å². The summed E-state index contributed by atoms with van der Waals surface area (Å²) in [5, 5.41) is 3.70. The molecule has 1 amide bonds. The van der Waals surface area contributed by atoms with Crippen LogP contribution in [-0.2, 0) is 11.3 Å². The Kier molecular flexibility index (Phi) is 3.41. The molecule has 0 fully saturated rings. The third kappa shape index (κ3) is 3.79. The van der Waals surface area contributed by atoms with Gasteiger partial charge in [-0.1, -0.05) is 0 Å². The first-order chi connectivity index (χ1) is 7.28. The Balaban J connectivity index is 2.52. The number of amides is 1. The number of aromatic nitrogens is 2. The van der Waals surface area contributed by atoms with Crippen molar-refractivity contribution in [2.75, 3.05) is 19.3 Å². The lowest BCUT2D eigenvalue weighted by Crippen LogP contribution is -2.37. The Bertz CT molecular complexity index is 374. The fourth-order valence-corrected chi connectivity index (χ4v) is 1.08. The van der Waals surface area contributed by atoms with Gasteiger partial charge in [0.1, 0.15) is 18.9 Å². The number of carbonyl (C=O) groups excluding carboxylic acids is 1. The van der Waals surface area contributed by atoms with Crippen LogP contribution < -0.4 is 5.73 Å². The number of nitrogens with zero attached hydrogens (tertiary/aromatic N) is 3. The van der Waals surface area contributed by atoms with E-state index in [1.807, 2.05) is 0 Å². The van der Waals surface area contributed by atoms with E-state index in [9.17, 15) is 18.0 Å².